The molecule has 1 aromatic rings. The smallest absolute Gasteiger partial charge is 0.142 e. The number of anilines is 1. The van der Waals surface area contributed by atoms with Gasteiger partial charge in [0.25, 0.3) is 0 Å². The molecule has 0 radical (unpaired) electrons. The average molecular weight is 276 g/mol. The molecule has 0 aromatic heterocycles. The number of benzene rings is 1. The van der Waals surface area contributed by atoms with Crippen LogP contribution < -0.4 is 10.1 Å². The Morgan fingerprint density at radius 2 is 1.95 bits per heavy atom. The van der Waals surface area contributed by atoms with E-state index < -0.39 is 0 Å². The molecule has 1 aromatic carbocycles. The molecule has 0 bridgehead atoms. The monoisotopic (exact) mass is 276 g/mol. The molecule has 112 valence electrons. The second-order valence-electron chi connectivity index (χ2n) is 6.04. The molecule has 0 atom stereocenters. The molecular weight excluding hydrogens is 248 g/mol. The first kappa shape index (κ1) is 15.2. The summed E-state index contributed by atoms with van der Waals surface area (Å²) in [7, 11) is 0. The Balaban J connectivity index is 1.86. The lowest BCUT2D eigenvalue weighted by Crippen LogP contribution is -2.40. The van der Waals surface area contributed by atoms with Gasteiger partial charge in [-0.2, -0.15) is 0 Å². The van der Waals surface area contributed by atoms with Crippen molar-refractivity contribution in [1.29, 1.82) is 0 Å². The minimum absolute atomic E-state index is 0.569. The van der Waals surface area contributed by atoms with Crippen LogP contribution in [0.3, 0.4) is 0 Å². The predicted octanol–water partition coefficient (Wildman–Crippen LogP) is 3.62. The molecule has 0 aliphatic carbocycles. The van der Waals surface area contributed by atoms with Gasteiger partial charge in [-0.1, -0.05) is 26.0 Å². The molecule has 3 heteroatoms. The van der Waals surface area contributed by atoms with Gasteiger partial charge in [-0.15, -0.1) is 0 Å². The fraction of sp³-hybridized carbons (Fsp3) is 0.647. The number of hydrogen-bond donors (Lipinski definition) is 1. The largest absolute Gasteiger partial charge is 0.492 e. The van der Waals surface area contributed by atoms with Crippen molar-refractivity contribution < 1.29 is 4.74 Å². The molecule has 0 saturated carbocycles. The highest BCUT2D eigenvalue weighted by Crippen LogP contribution is 2.26. The summed E-state index contributed by atoms with van der Waals surface area (Å²) < 4.78 is 5.68. The lowest BCUT2D eigenvalue weighted by molar-refractivity contribution is 0.197. The maximum absolute atomic E-state index is 5.68. The number of nitrogens with zero attached hydrogens (tertiary/aromatic N) is 1. The molecule has 2 rings (SSSR count). The van der Waals surface area contributed by atoms with Gasteiger partial charge in [-0.3, -0.25) is 0 Å². The van der Waals surface area contributed by atoms with Crippen molar-refractivity contribution in [3.63, 3.8) is 0 Å². The first-order valence-electron chi connectivity index (χ1n) is 7.89. The highest BCUT2D eigenvalue weighted by molar-refractivity contribution is 5.56. The first-order chi connectivity index (χ1) is 9.69. The van der Waals surface area contributed by atoms with Crippen molar-refractivity contribution >= 4 is 5.69 Å². The SMILES string of the molecule is CCOc1ccccc1NC1CCN(CC(C)C)CC1. The van der Waals surface area contributed by atoms with Crippen LogP contribution in [-0.4, -0.2) is 37.2 Å². The van der Waals surface area contributed by atoms with Gasteiger partial charge in [0.2, 0.25) is 0 Å². The third-order valence-corrected chi connectivity index (χ3v) is 3.76. The molecule has 0 spiro atoms. The van der Waals surface area contributed by atoms with Gasteiger partial charge in [0.1, 0.15) is 5.75 Å². The van der Waals surface area contributed by atoms with Crippen LogP contribution in [0, 0.1) is 5.92 Å². The van der Waals surface area contributed by atoms with Gasteiger partial charge in [-0.25, -0.2) is 0 Å². The summed E-state index contributed by atoms with van der Waals surface area (Å²) in [6, 6.07) is 8.82. The van der Waals surface area contributed by atoms with Crippen molar-refractivity contribution in [2.75, 3.05) is 31.6 Å². The zero-order chi connectivity index (χ0) is 14.4. The van der Waals surface area contributed by atoms with E-state index in [0.29, 0.717) is 12.6 Å². The fourth-order valence-corrected chi connectivity index (χ4v) is 2.86. The molecule has 1 heterocycles. The maximum atomic E-state index is 5.68. The van der Waals surface area contributed by atoms with Gasteiger partial charge in [-0.05, 0) is 37.8 Å². The van der Waals surface area contributed by atoms with Crippen molar-refractivity contribution in [2.45, 2.75) is 39.7 Å². The Morgan fingerprint density at radius 1 is 1.25 bits per heavy atom. The van der Waals surface area contributed by atoms with E-state index in [2.05, 4.69) is 36.2 Å². The van der Waals surface area contributed by atoms with E-state index in [9.17, 15) is 0 Å². The van der Waals surface area contributed by atoms with E-state index in [1.54, 1.807) is 0 Å². The van der Waals surface area contributed by atoms with E-state index in [4.69, 9.17) is 4.74 Å². The summed E-state index contributed by atoms with van der Waals surface area (Å²) in [4.78, 5) is 2.58. The maximum Gasteiger partial charge on any atom is 0.142 e. The van der Waals surface area contributed by atoms with Crippen molar-refractivity contribution in [3.05, 3.63) is 24.3 Å². The Bertz CT molecular complexity index is 398. The van der Waals surface area contributed by atoms with E-state index in [1.807, 2.05) is 19.1 Å². The van der Waals surface area contributed by atoms with Crippen LogP contribution in [-0.2, 0) is 0 Å². The second kappa shape index (κ2) is 7.53. The Kier molecular flexibility index (Phi) is 5.72. The zero-order valence-electron chi connectivity index (χ0n) is 13.1. The Labute approximate surface area is 123 Å². The van der Waals surface area contributed by atoms with Crippen LogP contribution in [0.15, 0.2) is 24.3 Å². The molecule has 20 heavy (non-hydrogen) atoms. The predicted molar refractivity (Wildman–Crippen MR) is 85.5 cm³/mol. The summed E-state index contributed by atoms with van der Waals surface area (Å²) in [6.45, 7) is 11.0. The minimum atomic E-state index is 0.569. The number of likely N-dealkylation sites (tertiary alicyclic amines) is 1. The zero-order valence-corrected chi connectivity index (χ0v) is 13.1. The molecule has 1 fully saturated rings. The van der Waals surface area contributed by atoms with Crippen molar-refractivity contribution in [3.8, 4) is 5.75 Å². The molecule has 0 unspecified atom stereocenters. The number of para-hydroxylation sites is 2. The van der Waals surface area contributed by atoms with E-state index in [-0.39, 0.29) is 0 Å². The van der Waals surface area contributed by atoms with Gasteiger partial charge in [0.05, 0.1) is 12.3 Å². The van der Waals surface area contributed by atoms with Crippen molar-refractivity contribution in [2.24, 2.45) is 5.92 Å². The standard InChI is InChI=1S/C17H28N2O/c1-4-20-17-8-6-5-7-16(17)18-15-9-11-19(12-10-15)13-14(2)3/h5-8,14-15,18H,4,9-13H2,1-3H3. The van der Waals surface area contributed by atoms with Crippen LogP contribution in [0.4, 0.5) is 5.69 Å². The molecule has 3 nitrogen and oxygen atoms in total. The van der Waals surface area contributed by atoms with Gasteiger partial charge in [0, 0.05) is 25.7 Å². The number of hydrogen-bond acceptors (Lipinski definition) is 3. The summed E-state index contributed by atoms with van der Waals surface area (Å²) in [5.41, 5.74) is 1.14. The number of rotatable bonds is 6. The van der Waals surface area contributed by atoms with Crippen LogP contribution in [0.5, 0.6) is 5.75 Å². The van der Waals surface area contributed by atoms with Gasteiger partial charge in [0.15, 0.2) is 0 Å². The molecule has 1 saturated heterocycles. The molecule has 1 N–H and O–H groups in total. The fourth-order valence-electron chi connectivity index (χ4n) is 2.86. The van der Waals surface area contributed by atoms with Crippen molar-refractivity contribution in [1.82, 2.24) is 4.90 Å². The Hall–Kier alpha value is -1.22. The number of piperidine rings is 1. The number of ether oxygens (including phenoxy) is 1. The summed E-state index contributed by atoms with van der Waals surface area (Å²) >= 11 is 0. The second-order valence-corrected chi connectivity index (χ2v) is 6.04. The summed E-state index contributed by atoms with van der Waals surface area (Å²) in [5.74, 6) is 1.73. The highest BCUT2D eigenvalue weighted by Gasteiger charge is 2.20. The minimum Gasteiger partial charge on any atom is -0.492 e. The number of nitrogens with one attached hydrogen (secondary N) is 1. The van der Waals surface area contributed by atoms with Gasteiger partial charge >= 0.3 is 0 Å². The van der Waals surface area contributed by atoms with Crippen LogP contribution in [0.2, 0.25) is 0 Å². The summed E-state index contributed by atoms with van der Waals surface area (Å²) in [5, 5.41) is 3.66. The van der Waals surface area contributed by atoms with E-state index in [0.717, 1.165) is 17.4 Å². The third kappa shape index (κ3) is 4.41. The molecule has 1 aliphatic rings. The average Bonchev–Trinajstić information content (AvgIpc) is 2.43. The van der Waals surface area contributed by atoms with Crippen LogP contribution in [0.1, 0.15) is 33.6 Å². The van der Waals surface area contributed by atoms with E-state index in [1.165, 1.54) is 32.5 Å². The highest BCUT2D eigenvalue weighted by atomic mass is 16.5. The summed E-state index contributed by atoms with van der Waals surface area (Å²) in [6.07, 6.45) is 2.43. The third-order valence-electron chi connectivity index (χ3n) is 3.76. The first-order valence-corrected chi connectivity index (χ1v) is 7.89. The van der Waals surface area contributed by atoms with Gasteiger partial charge < -0.3 is 15.0 Å². The quantitative estimate of drug-likeness (QED) is 0.859. The molecule has 0 amide bonds. The molecular formula is C17H28N2O. The lowest BCUT2D eigenvalue weighted by Gasteiger charge is -2.34. The Morgan fingerprint density at radius 3 is 2.60 bits per heavy atom. The van der Waals surface area contributed by atoms with Crippen LogP contribution in [0.25, 0.3) is 0 Å². The molecule has 1 aliphatic heterocycles. The van der Waals surface area contributed by atoms with E-state index >= 15 is 0 Å². The normalized spacial score (nSPS) is 17.4. The lowest BCUT2D eigenvalue weighted by atomic mass is 10.0. The topological polar surface area (TPSA) is 24.5 Å². The van der Waals surface area contributed by atoms with Crippen LogP contribution >= 0.6 is 0 Å².